The van der Waals surface area contributed by atoms with Crippen molar-refractivity contribution in [2.75, 3.05) is 18.1 Å². The molecule has 0 amide bonds. The molecule has 0 aliphatic heterocycles. The third-order valence-electron chi connectivity index (χ3n) is 3.09. The van der Waals surface area contributed by atoms with Crippen molar-refractivity contribution in [3.05, 3.63) is 28.8 Å². The fraction of sp³-hybridized carbons (Fsp3) is 0.538. The lowest BCUT2D eigenvalue weighted by Crippen LogP contribution is -2.29. The van der Waals surface area contributed by atoms with E-state index in [0.29, 0.717) is 17.6 Å². The van der Waals surface area contributed by atoms with Crippen LogP contribution in [-0.2, 0) is 0 Å². The molecule has 94 valence electrons. The number of hydrogen-bond donors (Lipinski definition) is 2. The van der Waals surface area contributed by atoms with E-state index in [4.69, 9.17) is 16.7 Å². The minimum atomic E-state index is -0.506. The number of nitrogens with zero attached hydrogens (tertiary/aromatic N) is 1. The summed E-state index contributed by atoms with van der Waals surface area (Å²) in [6.45, 7) is 2.46. The monoisotopic (exact) mass is 255 g/mol. The van der Waals surface area contributed by atoms with Crippen molar-refractivity contribution in [1.82, 2.24) is 0 Å². The zero-order chi connectivity index (χ0) is 12.4. The molecule has 1 unspecified atom stereocenters. The first-order valence-corrected chi connectivity index (χ1v) is 6.36. The average Bonchev–Trinajstić information content (AvgIpc) is 3.10. The van der Waals surface area contributed by atoms with Crippen molar-refractivity contribution in [1.29, 1.82) is 0 Å². The van der Waals surface area contributed by atoms with Gasteiger partial charge in [-0.25, -0.2) is 0 Å². The molecule has 3 nitrogen and oxygen atoms in total. The van der Waals surface area contributed by atoms with Crippen LogP contribution in [0, 0.1) is 0 Å². The van der Waals surface area contributed by atoms with Crippen molar-refractivity contribution in [2.45, 2.75) is 31.9 Å². The summed E-state index contributed by atoms with van der Waals surface area (Å²) in [4.78, 5) is 2.15. The summed E-state index contributed by atoms with van der Waals surface area (Å²) in [6, 6.07) is 6.13. The predicted molar refractivity (Wildman–Crippen MR) is 69.5 cm³/mol. The van der Waals surface area contributed by atoms with Crippen LogP contribution in [0.25, 0.3) is 0 Å². The van der Waals surface area contributed by atoms with Crippen LogP contribution in [0.2, 0.25) is 5.02 Å². The number of aliphatic hydroxyl groups is 2. The zero-order valence-corrected chi connectivity index (χ0v) is 10.7. The standard InChI is InChI=1S/C13H18ClNO2/c1-9(17)10-2-5-13(12(14)8-10)15(6-7-16)11-3-4-11/h2,5,8-9,11,16-17H,3-4,6-7H2,1H3. The summed E-state index contributed by atoms with van der Waals surface area (Å²) in [5.74, 6) is 0. The Bertz CT molecular complexity index is 391. The van der Waals surface area contributed by atoms with Gasteiger partial charge in [-0.2, -0.15) is 0 Å². The third-order valence-corrected chi connectivity index (χ3v) is 3.39. The number of hydrogen-bond acceptors (Lipinski definition) is 3. The number of anilines is 1. The van der Waals surface area contributed by atoms with Crippen LogP contribution in [-0.4, -0.2) is 29.4 Å². The topological polar surface area (TPSA) is 43.7 Å². The predicted octanol–water partition coefficient (Wildman–Crippen LogP) is 2.35. The van der Waals surface area contributed by atoms with E-state index in [9.17, 15) is 5.11 Å². The van der Waals surface area contributed by atoms with E-state index in [1.807, 2.05) is 12.1 Å². The van der Waals surface area contributed by atoms with Crippen molar-refractivity contribution >= 4 is 17.3 Å². The fourth-order valence-corrected chi connectivity index (χ4v) is 2.31. The van der Waals surface area contributed by atoms with Gasteiger partial charge in [0.25, 0.3) is 0 Å². The van der Waals surface area contributed by atoms with Gasteiger partial charge in [0, 0.05) is 12.6 Å². The van der Waals surface area contributed by atoms with Crippen molar-refractivity contribution in [3.8, 4) is 0 Å². The molecule has 17 heavy (non-hydrogen) atoms. The number of halogens is 1. The Morgan fingerprint density at radius 2 is 2.18 bits per heavy atom. The highest BCUT2D eigenvalue weighted by Gasteiger charge is 2.29. The van der Waals surface area contributed by atoms with E-state index in [0.717, 1.165) is 24.1 Å². The quantitative estimate of drug-likeness (QED) is 0.849. The van der Waals surface area contributed by atoms with Crippen molar-refractivity contribution in [3.63, 3.8) is 0 Å². The molecular weight excluding hydrogens is 238 g/mol. The van der Waals surface area contributed by atoms with Gasteiger partial charge >= 0.3 is 0 Å². The highest BCUT2D eigenvalue weighted by molar-refractivity contribution is 6.33. The van der Waals surface area contributed by atoms with E-state index in [1.165, 1.54) is 0 Å². The maximum absolute atomic E-state index is 9.49. The largest absolute Gasteiger partial charge is 0.395 e. The second-order valence-corrected chi connectivity index (χ2v) is 4.94. The fourth-order valence-electron chi connectivity index (χ4n) is 2.01. The molecule has 2 rings (SSSR count). The first-order chi connectivity index (χ1) is 8.13. The Morgan fingerprint density at radius 1 is 1.47 bits per heavy atom. The van der Waals surface area contributed by atoms with Gasteiger partial charge in [0.2, 0.25) is 0 Å². The molecule has 0 bridgehead atoms. The lowest BCUT2D eigenvalue weighted by molar-refractivity contribution is 0.199. The summed E-state index contributed by atoms with van der Waals surface area (Å²) >= 11 is 6.24. The summed E-state index contributed by atoms with van der Waals surface area (Å²) in [7, 11) is 0. The molecular formula is C13H18ClNO2. The van der Waals surface area contributed by atoms with Crippen molar-refractivity contribution < 1.29 is 10.2 Å². The van der Waals surface area contributed by atoms with Crippen molar-refractivity contribution in [2.24, 2.45) is 0 Å². The van der Waals surface area contributed by atoms with Gasteiger partial charge in [-0.05, 0) is 37.5 Å². The van der Waals surface area contributed by atoms with Gasteiger partial charge in [0.05, 0.1) is 23.4 Å². The van der Waals surface area contributed by atoms with Crippen LogP contribution in [0.4, 0.5) is 5.69 Å². The highest BCUT2D eigenvalue weighted by Crippen LogP contribution is 2.36. The zero-order valence-electron chi connectivity index (χ0n) is 9.93. The number of aliphatic hydroxyl groups excluding tert-OH is 2. The van der Waals surface area contributed by atoms with E-state index in [1.54, 1.807) is 13.0 Å². The molecule has 1 fully saturated rings. The molecule has 0 spiro atoms. The molecule has 2 N–H and O–H groups in total. The summed E-state index contributed by atoms with van der Waals surface area (Å²) in [6.07, 6.45) is 1.82. The molecule has 0 saturated heterocycles. The van der Waals surface area contributed by atoms with Crippen LogP contribution < -0.4 is 4.90 Å². The van der Waals surface area contributed by atoms with Crippen LogP contribution in [0.1, 0.15) is 31.4 Å². The average molecular weight is 256 g/mol. The summed E-state index contributed by atoms with van der Waals surface area (Å²) < 4.78 is 0. The highest BCUT2D eigenvalue weighted by atomic mass is 35.5. The lowest BCUT2D eigenvalue weighted by atomic mass is 10.1. The smallest absolute Gasteiger partial charge is 0.0762 e. The first kappa shape index (κ1) is 12.7. The molecule has 0 aromatic heterocycles. The molecule has 1 aromatic carbocycles. The molecule has 0 heterocycles. The minimum absolute atomic E-state index is 0.130. The molecule has 4 heteroatoms. The van der Waals surface area contributed by atoms with Gasteiger partial charge in [-0.15, -0.1) is 0 Å². The first-order valence-electron chi connectivity index (χ1n) is 5.98. The Balaban J connectivity index is 2.24. The minimum Gasteiger partial charge on any atom is -0.395 e. The Labute approximate surface area is 107 Å². The maximum Gasteiger partial charge on any atom is 0.0762 e. The molecule has 1 aromatic rings. The van der Waals surface area contributed by atoms with E-state index < -0.39 is 6.10 Å². The van der Waals surface area contributed by atoms with Crippen LogP contribution in [0.5, 0.6) is 0 Å². The van der Waals surface area contributed by atoms with Crippen LogP contribution in [0.3, 0.4) is 0 Å². The van der Waals surface area contributed by atoms with Gasteiger partial charge in [-0.1, -0.05) is 17.7 Å². The van der Waals surface area contributed by atoms with Gasteiger partial charge < -0.3 is 15.1 Å². The molecule has 1 saturated carbocycles. The normalized spacial score (nSPS) is 16.9. The Hall–Kier alpha value is -0.770. The van der Waals surface area contributed by atoms with Crippen LogP contribution in [0.15, 0.2) is 18.2 Å². The molecule has 1 atom stereocenters. The SMILES string of the molecule is CC(O)c1ccc(N(CCO)C2CC2)c(Cl)c1. The molecule has 1 aliphatic carbocycles. The second kappa shape index (κ2) is 5.25. The second-order valence-electron chi connectivity index (χ2n) is 4.53. The lowest BCUT2D eigenvalue weighted by Gasteiger charge is -2.25. The van der Waals surface area contributed by atoms with E-state index in [2.05, 4.69) is 4.90 Å². The van der Waals surface area contributed by atoms with Crippen LogP contribution >= 0.6 is 11.6 Å². The maximum atomic E-state index is 9.49. The van der Waals surface area contributed by atoms with E-state index in [-0.39, 0.29) is 6.61 Å². The van der Waals surface area contributed by atoms with Gasteiger partial charge in [0.1, 0.15) is 0 Å². The van der Waals surface area contributed by atoms with Gasteiger partial charge in [-0.3, -0.25) is 0 Å². The van der Waals surface area contributed by atoms with Gasteiger partial charge in [0.15, 0.2) is 0 Å². The summed E-state index contributed by atoms with van der Waals surface area (Å²) in [5, 5.41) is 19.2. The molecule has 0 radical (unpaired) electrons. The number of rotatable bonds is 5. The summed E-state index contributed by atoms with van der Waals surface area (Å²) in [5.41, 5.74) is 1.77. The Kier molecular flexibility index (Phi) is 3.92. The Morgan fingerprint density at radius 3 is 2.65 bits per heavy atom. The number of benzene rings is 1. The van der Waals surface area contributed by atoms with E-state index >= 15 is 0 Å². The molecule has 1 aliphatic rings. The third kappa shape index (κ3) is 2.92.